The molecule has 1 aromatic carbocycles. The third-order valence-corrected chi connectivity index (χ3v) is 2.82. The molecule has 0 aliphatic carbocycles. The van der Waals surface area contributed by atoms with Crippen LogP contribution in [-0.2, 0) is 9.47 Å². The second-order valence-electron chi connectivity index (χ2n) is 4.25. The highest BCUT2D eigenvalue weighted by Crippen LogP contribution is 2.18. The predicted molar refractivity (Wildman–Crippen MR) is 75.8 cm³/mol. The Morgan fingerprint density at radius 1 is 0.955 bits per heavy atom. The summed E-state index contributed by atoms with van der Waals surface area (Å²) >= 11 is 0. The first kappa shape index (κ1) is 15.3. The number of furan rings is 1. The normalized spacial score (nSPS) is 9.91. The Bertz CT molecular complexity index is 671. The monoisotopic (exact) mass is 303 g/mol. The lowest BCUT2D eigenvalue weighted by Gasteiger charge is -2.08. The van der Waals surface area contributed by atoms with Crippen molar-refractivity contribution in [3.05, 3.63) is 53.5 Å². The molecule has 0 bridgehead atoms. The second kappa shape index (κ2) is 6.57. The van der Waals surface area contributed by atoms with Gasteiger partial charge in [-0.15, -0.1) is 0 Å². The van der Waals surface area contributed by atoms with Gasteiger partial charge in [-0.2, -0.15) is 0 Å². The highest BCUT2D eigenvalue weighted by atomic mass is 16.5. The molecule has 0 aliphatic rings. The van der Waals surface area contributed by atoms with Crippen LogP contribution in [0.15, 0.2) is 41.2 Å². The van der Waals surface area contributed by atoms with Crippen molar-refractivity contribution in [1.82, 2.24) is 0 Å². The van der Waals surface area contributed by atoms with E-state index in [1.807, 2.05) is 0 Å². The van der Waals surface area contributed by atoms with E-state index in [1.54, 1.807) is 0 Å². The van der Waals surface area contributed by atoms with Crippen molar-refractivity contribution in [2.75, 3.05) is 19.5 Å². The molecular weight excluding hydrogens is 290 g/mol. The van der Waals surface area contributed by atoms with Crippen LogP contribution < -0.4 is 5.32 Å². The molecule has 0 radical (unpaired) electrons. The summed E-state index contributed by atoms with van der Waals surface area (Å²) in [5.74, 6) is -1.71. The third-order valence-electron chi connectivity index (χ3n) is 2.82. The summed E-state index contributed by atoms with van der Waals surface area (Å²) in [5.41, 5.74) is 0.804. The minimum absolute atomic E-state index is 0.118. The Hall–Kier alpha value is -3.09. The number of methoxy groups -OCH3 is 2. The van der Waals surface area contributed by atoms with Gasteiger partial charge in [0.2, 0.25) is 0 Å². The standard InChI is InChI=1S/C15H13NO6/c1-20-14(18)10-5-11(15(19)21-2)7-12(6-10)16-13(17)9-3-4-22-8-9/h3-8H,1-2H3,(H,16,17). The zero-order chi connectivity index (χ0) is 16.1. The fourth-order valence-corrected chi connectivity index (χ4v) is 1.77. The van der Waals surface area contributed by atoms with Gasteiger partial charge >= 0.3 is 11.9 Å². The highest BCUT2D eigenvalue weighted by Gasteiger charge is 2.15. The maximum absolute atomic E-state index is 12.0. The summed E-state index contributed by atoms with van der Waals surface area (Å²) in [4.78, 5) is 35.3. The van der Waals surface area contributed by atoms with Gasteiger partial charge in [-0.25, -0.2) is 9.59 Å². The van der Waals surface area contributed by atoms with Gasteiger partial charge in [0.15, 0.2) is 0 Å². The number of carbonyl (C=O) groups is 3. The predicted octanol–water partition coefficient (Wildman–Crippen LogP) is 2.11. The molecule has 0 fully saturated rings. The topological polar surface area (TPSA) is 94.8 Å². The second-order valence-corrected chi connectivity index (χ2v) is 4.25. The molecule has 2 aromatic rings. The van der Waals surface area contributed by atoms with Crippen molar-refractivity contribution < 1.29 is 28.3 Å². The molecule has 7 heteroatoms. The van der Waals surface area contributed by atoms with E-state index in [1.165, 1.54) is 51.0 Å². The molecule has 114 valence electrons. The van der Waals surface area contributed by atoms with Gasteiger partial charge in [-0.05, 0) is 24.3 Å². The molecule has 1 N–H and O–H groups in total. The molecule has 0 aliphatic heterocycles. The van der Waals surface area contributed by atoms with Crippen molar-refractivity contribution in [2.24, 2.45) is 0 Å². The molecule has 0 unspecified atom stereocenters. The van der Waals surface area contributed by atoms with Gasteiger partial charge in [0.05, 0.1) is 37.2 Å². The smallest absolute Gasteiger partial charge is 0.337 e. The summed E-state index contributed by atoms with van der Waals surface area (Å²) < 4.78 is 14.1. The molecule has 22 heavy (non-hydrogen) atoms. The summed E-state index contributed by atoms with van der Waals surface area (Å²) in [7, 11) is 2.44. The number of nitrogens with one attached hydrogen (secondary N) is 1. The van der Waals surface area contributed by atoms with E-state index in [0.29, 0.717) is 5.56 Å². The van der Waals surface area contributed by atoms with Crippen LogP contribution in [0.5, 0.6) is 0 Å². The minimum atomic E-state index is -0.635. The van der Waals surface area contributed by atoms with Crippen molar-refractivity contribution >= 4 is 23.5 Å². The summed E-state index contributed by atoms with van der Waals surface area (Å²) in [6.07, 6.45) is 2.64. The SMILES string of the molecule is COC(=O)c1cc(NC(=O)c2ccoc2)cc(C(=O)OC)c1. The van der Waals surface area contributed by atoms with E-state index in [2.05, 4.69) is 14.8 Å². The third kappa shape index (κ3) is 3.32. The molecule has 0 atom stereocenters. The van der Waals surface area contributed by atoms with Crippen LogP contribution in [0.25, 0.3) is 0 Å². The summed E-state index contributed by atoms with van der Waals surface area (Å²) in [6.45, 7) is 0. The first-order valence-electron chi connectivity index (χ1n) is 6.20. The number of ether oxygens (including phenoxy) is 2. The fraction of sp³-hybridized carbons (Fsp3) is 0.133. The Balaban J connectivity index is 2.35. The van der Waals surface area contributed by atoms with Crippen molar-refractivity contribution in [2.45, 2.75) is 0 Å². The van der Waals surface area contributed by atoms with E-state index >= 15 is 0 Å². The lowest BCUT2D eigenvalue weighted by molar-refractivity contribution is 0.0599. The van der Waals surface area contributed by atoms with Crippen LogP contribution in [0.1, 0.15) is 31.1 Å². The number of benzene rings is 1. The number of hydrogen-bond acceptors (Lipinski definition) is 6. The van der Waals surface area contributed by atoms with Gasteiger partial charge in [0.25, 0.3) is 5.91 Å². The van der Waals surface area contributed by atoms with E-state index < -0.39 is 17.8 Å². The average Bonchev–Trinajstić information content (AvgIpc) is 3.07. The molecule has 0 saturated carbocycles. The zero-order valence-electron chi connectivity index (χ0n) is 11.9. The molecule has 0 saturated heterocycles. The number of amides is 1. The van der Waals surface area contributed by atoms with Gasteiger partial charge in [0.1, 0.15) is 6.26 Å². The van der Waals surface area contributed by atoms with Crippen LogP contribution in [0, 0.1) is 0 Å². The molecule has 0 spiro atoms. The number of anilines is 1. The van der Waals surface area contributed by atoms with Crippen molar-refractivity contribution in [3.8, 4) is 0 Å². The first-order chi connectivity index (χ1) is 10.5. The van der Waals surface area contributed by atoms with Crippen LogP contribution in [-0.4, -0.2) is 32.1 Å². The molecule has 7 nitrogen and oxygen atoms in total. The van der Waals surface area contributed by atoms with E-state index in [-0.39, 0.29) is 16.8 Å². The van der Waals surface area contributed by atoms with E-state index in [0.717, 1.165) is 0 Å². The minimum Gasteiger partial charge on any atom is -0.472 e. The summed E-state index contributed by atoms with van der Waals surface area (Å²) in [5, 5.41) is 2.57. The Kier molecular flexibility index (Phi) is 4.57. The Labute approximate surface area is 125 Å². The van der Waals surface area contributed by atoms with Crippen LogP contribution in [0.3, 0.4) is 0 Å². The maximum Gasteiger partial charge on any atom is 0.337 e. The Morgan fingerprint density at radius 3 is 2.00 bits per heavy atom. The number of rotatable bonds is 4. The summed E-state index contributed by atoms with van der Waals surface area (Å²) in [6, 6.07) is 5.61. The Morgan fingerprint density at radius 2 is 1.55 bits per heavy atom. The molecule has 2 rings (SSSR count). The fourth-order valence-electron chi connectivity index (χ4n) is 1.77. The average molecular weight is 303 g/mol. The van der Waals surface area contributed by atoms with Crippen molar-refractivity contribution in [1.29, 1.82) is 0 Å². The largest absolute Gasteiger partial charge is 0.472 e. The molecule has 1 heterocycles. The van der Waals surface area contributed by atoms with Gasteiger partial charge in [-0.3, -0.25) is 4.79 Å². The zero-order valence-corrected chi connectivity index (χ0v) is 11.9. The van der Waals surface area contributed by atoms with E-state index in [4.69, 9.17) is 4.42 Å². The lowest BCUT2D eigenvalue weighted by atomic mass is 10.1. The van der Waals surface area contributed by atoms with Crippen LogP contribution in [0.4, 0.5) is 5.69 Å². The molecule has 1 aromatic heterocycles. The highest BCUT2D eigenvalue weighted by molar-refractivity contribution is 6.05. The number of esters is 2. The van der Waals surface area contributed by atoms with Gasteiger partial charge in [-0.1, -0.05) is 0 Å². The number of carbonyl (C=O) groups excluding carboxylic acids is 3. The molecule has 1 amide bonds. The van der Waals surface area contributed by atoms with Crippen LogP contribution in [0.2, 0.25) is 0 Å². The van der Waals surface area contributed by atoms with Gasteiger partial charge in [0, 0.05) is 5.69 Å². The van der Waals surface area contributed by atoms with Crippen molar-refractivity contribution in [3.63, 3.8) is 0 Å². The molecular formula is C15H13NO6. The first-order valence-corrected chi connectivity index (χ1v) is 6.20. The lowest BCUT2D eigenvalue weighted by Crippen LogP contribution is -2.13. The van der Waals surface area contributed by atoms with Gasteiger partial charge < -0.3 is 19.2 Å². The quantitative estimate of drug-likeness (QED) is 0.869. The van der Waals surface area contributed by atoms with E-state index in [9.17, 15) is 14.4 Å². The maximum atomic E-state index is 12.0. The van der Waals surface area contributed by atoms with Crippen LogP contribution >= 0.6 is 0 Å². The number of hydrogen-bond donors (Lipinski definition) is 1.